The van der Waals surface area contributed by atoms with Crippen molar-refractivity contribution in [2.75, 3.05) is 32.3 Å². The van der Waals surface area contributed by atoms with Crippen LogP contribution >= 0.6 is 0 Å². The van der Waals surface area contributed by atoms with Crippen molar-refractivity contribution in [1.82, 2.24) is 14.9 Å². The lowest BCUT2D eigenvalue weighted by Crippen LogP contribution is -2.34. The number of hydrogen-bond donors (Lipinski definition) is 1. The van der Waals surface area contributed by atoms with Gasteiger partial charge in [0.2, 0.25) is 18.6 Å². The van der Waals surface area contributed by atoms with Crippen molar-refractivity contribution in [1.29, 1.82) is 0 Å². The predicted octanol–water partition coefficient (Wildman–Crippen LogP) is 1.90. The van der Waals surface area contributed by atoms with Crippen molar-refractivity contribution >= 4 is 11.7 Å². The van der Waals surface area contributed by atoms with Crippen LogP contribution in [0.4, 0.5) is 10.5 Å². The molecule has 1 saturated heterocycles. The average Bonchev–Trinajstić information content (AvgIpc) is 3.31. The number of ether oxygens (including phenoxy) is 4. The molecule has 3 heterocycles. The maximum absolute atomic E-state index is 12.5. The molecule has 4 rings (SSSR count). The van der Waals surface area contributed by atoms with E-state index in [-0.39, 0.29) is 18.9 Å². The Bertz CT molecular complexity index is 815. The van der Waals surface area contributed by atoms with Crippen molar-refractivity contribution < 1.29 is 23.7 Å². The molecule has 9 heteroatoms. The molecule has 0 aliphatic carbocycles. The minimum atomic E-state index is -0.188. The third-order valence-electron chi connectivity index (χ3n) is 4.14. The van der Waals surface area contributed by atoms with E-state index in [0.29, 0.717) is 48.5 Å². The van der Waals surface area contributed by atoms with E-state index < -0.39 is 0 Å². The van der Waals surface area contributed by atoms with E-state index in [9.17, 15) is 4.79 Å². The highest BCUT2D eigenvalue weighted by atomic mass is 16.7. The molecule has 26 heavy (non-hydrogen) atoms. The van der Waals surface area contributed by atoms with E-state index in [4.69, 9.17) is 18.9 Å². The van der Waals surface area contributed by atoms with Crippen LogP contribution in [0, 0.1) is 0 Å². The summed E-state index contributed by atoms with van der Waals surface area (Å²) < 4.78 is 21.4. The van der Waals surface area contributed by atoms with Crippen molar-refractivity contribution in [2.24, 2.45) is 0 Å². The summed E-state index contributed by atoms with van der Waals surface area (Å²) in [5.74, 6) is 2.07. The summed E-state index contributed by atoms with van der Waals surface area (Å²) in [5, 5.41) is 2.86. The Hall–Kier alpha value is -3.23. The van der Waals surface area contributed by atoms with Gasteiger partial charge in [-0.15, -0.1) is 0 Å². The Morgan fingerprint density at radius 1 is 1.27 bits per heavy atom. The van der Waals surface area contributed by atoms with Crippen LogP contribution in [-0.2, 0) is 0 Å². The quantitative estimate of drug-likeness (QED) is 0.892. The summed E-state index contributed by atoms with van der Waals surface area (Å²) in [5.41, 5.74) is 0.655. The minimum Gasteiger partial charge on any atom is -0.480 e. The molecule has 9 nitrogen and oxygen atoms in total. The highest BCUT2D eigenvalue weighted by molar-refractivity contribution is 5.90. The van der Waals surface area contributed by atoms with Crippen LogP contribution in [0.3, 0.4) is 0 Å². The zero-order valence-corrected chi connectivity index (χ0v) is 14.2. The number of fused-ring (bicyclic) bond motifs is 1. The van der Waals surface area contributed by atoms with Gasteiger partial charge >= 0.3 is 6.03 Å². The van der Waals surface area contributed by atoms with Gasteiger partial charge in [-0.05, 0) is 12.1 Å². The lowest BCUT2D eigenvalue weighted by Gasteiger charge is -2.18. The number of nitrogens with zero attached hydrogens (tertiary/aromatic N) is 3. The standard InChI is InChI=1S/C17H18N4O5/c1-23-15-7-18-8-16(20-15)26-12-4-5-21(9-12)17(22)19-11-2-3-13-14(6-11)25-10-24-13/h2-3,6-8,12H,4-5,9-10H2,1H3,(H,19,22). The number of rotatable bonds is 4. The van der Waals surface area contributed by atoms with Crippen LogP contribution in [0.5, 0.6) is 23.3 Å². The van der Waals surface area contributed by atoms with Gasteiger partial charge in [0.15, 0.2) is 11.5 Å². The maximum Gasteiger partial charge on any atom is 0.321 e. The molecule has 0 spiro atoms. The molecule has 2 aliphatic heterocycles. The SMILES string of the molecule is COc1cncc(OC2CCN(C(=O)Nc3ccc4c(c3)OCO4)C2)n1. The molecule has 1 aromatic heterocycles. The second-order valence-corrected chi connectivity index (χ2v) is 5.87. The fourth-order valence-electron chi connectivity index (χ4n) is 2.84. The van der Waals surface area contributed by atoms with Crippen molar-refractivity contribution in [2.45, 2.75) is 12.5 Å². The minimum absolute atomic E-state index is 0.140. The van der Waals surface area contributed by atoms with Gasteiger partial charge in [0.25, 0.3) is 0 Å². The van der Waals surface area contributed by atoms with E-state index in [1.807, 2.05) is 0 Å². The first kappa shape index (κ1) is 16.2. The van der Waals surface area contributed by atoms with Gasteiger partial charge in [-0.2, -0.15) is 4.98 Å². The monoisotopic (exact) mass is 358 g/mol. The molecule has 2 aromatic rings. The van der Waals surface area contributed by atoms with Gasteiger partial charge in [-0.3, -0.25) is 4.98 Å². The summed E-state index contributed by atoms with van der Waals surface area (Å²) >= 11 is 0. The second kappa shape index (κ2) is 6.95. The number of benzene rings is 1. The number of likely N-dealkylation sites (tertiary alicyclic amines) is 1. The Morgan fingerprint density at radius 2 is 2.12 bits per heavy atom. The Morgan fingerprint density at radius 3 is 3.00 bits per heavy atom. The Balaban J connectivity index is 1.33. The number of anilines is 1. The summed E-state index contributed by atoms with van der Waals surface area (Å²) in [7, 11) is 1.52. The summed E-state index contributed by atoms with van der Waals surface area (Å²) in [6.45, 7) is 1.26. The average molecular weight is 358 g/mol. The number of carbonyl (C=O) groups is 1. The van der Waals surface area contributed by atoms with Crippen LogP contribution < -0.4 is 24.3 Å². The van der Waals surface area contributed by atoms with Crippen LogP contribution in [-0.4, -0.2) is 54.0 Å². The predicted molar refractivity (Wildman–Crippen MR) is 90.8 cm³/mol. The largest absolute Gasteiger partial charge is 0.480 e. The molecule has 0 radical (unpaired) electrons. The molecule has 0 saturated carbocycles. The first-order valence-corrected chi connectivity index (χ1v) is 8.19. The molecule has 0 bridgehead atoms. The topological polar surface area (TPSA) is 95.0 Å². The first-order chi connectivity index (χ1) is 12.7. The number of amides is 2. The van der Waals surface area contributed by atoms with E-state index in [0.717, 1.165) is 0 Å². The van der Waals surface area contributed by atoms with E-state index in [1.54, 1.807) is 23.1 Å². The van der Waals surface area contributed by atoms with Gasteiger partial charge in [0.05, 0.1) is 26.0 Å². The van der Waals surface area contributed by atoms with Crippen molar-refractivity contribution in [3.8, 4) is 23.3 Å². The van der Waals surface area contributed by atoms with Gasteiger partial charge in [0.1, 0.15) is 6.10 Å². The lowest BCUT2D eigenvalue weighted by atomic mass is 10.3. The van der Waals surface area contributed by atoms with Crippen molar-refractivity contribution in [3.05, 3.63) is 30.6 Å². The molecule has 1 N–H and O–H groups in total. The molecule has 2 aliphatic rings. The number of aromatic nitrogens is 2. The second-order valence-electron chi connectivity index (χ2n) is 5.87. The fourth-order valence-corrected chi connectivity index (χ4v) is 2.84. The number of hydrogen-bond acceptors (Lipinski definition) is 7. The lowest BCUT2D eigenvalue weighted by molar-refractivity contribution is 0.174. The zero-order valence-electron chi connectivity index (χ0n) is 14.2. The summed E-state index contributed by atoms with van der Waals surface area (Å²) in [6.07, 6.45) is 3.61. The first-order valence-electron chi connectivity index (χ1n) is 8.19. The normalized spacial score (nSPS) is 17.9. The van der Waals surface area contributed by atoms with Crippen molar-refractivity contribution in [3.63, 3.8) is 0 Å². The van der Waals surface area contributed by atoms with Gasteiger partial charge < -0.3 is 29.2 Å². The van der Waals surface area contributed by atoms with Gasteiger partial charge in [0, 0.05) is 24.7 Å². The fraction of sp³-hybridized carbons (Fsp3) is 0.353. The molecular weight excluding hydrogens is 340 g/mol. The number of carbonyl (C=O) groups excluding carboxylic acids is 1. The molecular formula is C17H18N4O5. The molecule has 136 valence electrons. The summed E-state index contributed by atoms with van der Waals surface area (Å²) in [6, 6.07) is 5.11. The van der Waals surface area contributed by atoms with E-state index >= 15 is 0 Å². The third kappa shape index (κ3) is 3.41. The molecule has 1 unspecified atom stereocenters. The number of nitrogens with one attached hydrogen (secondary N) is 1. The smallest absolute Gasteiger partial charge is 0.321 e. The Kier molecular flexibility index (Phi) is 4.34. The zero-order chi connectivity index (χ0) is 17.9. The van der Waals surface area contributed by atoms with Crippen LogP contribution in [0.15, 0.2) is 30.6 Å². The highest BCUT2D eigenvalue weighted by Crippen LogP contribution is 2.34. The number of methoxy groups -OCH3 is 1. The van der Waals surface area contributed by atoms with Gasteiger partial charge in [-0.25, -0.2) is 4.79 Å². The molecule has 1 fully saturated rings. The van der Waals surface area contributed by atoms with E-state index in [1.165, 1.54) is 19.5 Å². The van der Waals surface area contributed by atoms with Crippen LogP contribution in [0.25, 0.3) is 0 Å². The number of urea groups is 1. The van der Waals surface area contributed by atoms with Crippen LogP contribution in [0.1, 0.15) is 6.42 Å². The highest BCUT2D eigenvalue weighted by Gasteiger charge is 2.28. The third-order valence-corrected chi connectivity index (χ3v) is 4.14. The molecule has 2 amide bonds. The maximum atomic E-state index is 12.5. The van der Waals surface area contributed by atoms with E-state index in [2.05, 4.69) is 15.3 Å². The molecule has 1 aromatic carbocycles. The van der Waals surface area contributed by atoms with Gasteiger partial charge in [-0.1, -0.05) is 0 Å². The Labute approximate surface area is 149 Å². The van der Waals surface area contributed by atoms with Crippen LogP contribution in [0.2, 0.25) is 0 Å². The molecule has 1 atom stereocenters. The summed E-state index contributed by atoms with van der Waals surface area (Å²) in [4.78, 5) is 22.3.